The van der Waals surface area contributed by atoms with Crippen LogP contribution in [0.3, 0.4) is 0 Å². The van der Waals surface area contributed by atoms with Crippen molar-refractivity contribution in [1.29, 1.82) is 0 Å². The quantitative estimate of drug-likeness (QED) is 0.614. The van der Waals surface area contributed by atoms with Gasteiger partial charge in [0.15, 0.2) is 0 Å². The van der Waals surface area contributed by atoms with Gasteiger partial charge in [-0.3, -0.25) is 4.79 Å². The van der Waals surface area contributed by atoms with Gasteiger partial charge >= 0.3 is 12.1 Å². The summed E-state index contributed by atoms with van der Waals surface area (Å²) in [5.41, 5.74) is 1.15. The maximum Gasteiger partial charge on any atom is 0.416 e. The second kappa shape index (κ2) is 9.02. The summed E-state index contributed by atoms with van der Waals surface area (Å²) in [6.45, 7) is 0.301. The highest BCUT2D eigenvalue weighted by atomic mass is 19.4. The maximum absolute atomic E-state index is 12.5. The highest BCUT2D eigenvalue weighted by molar-refractivity contribution is 5.92. The first-order chi connectivity index (χ1) is 12.8. The molecule has 0 radical (unpaired) electrons. The predicted molar refractivity (Wildman–Crippen MR) is 95.0 cm³/mol. The lowest BCUT2D eigenvalue weighted by molar-refractivity contribution is -0.137. The Morgan fingerprint density at radius 2 is 1.67 bits per heavy atom. The fourth-order valence-electron chi connectivity index (χ4n) is 2.27. The summed E-state index contributed by atoms with van der Waals surface area (Å²) in [5.74, 6) is -0.759. The zero-order valence-corrected chi connectivity index (χ0v) is 14.5. The molecule has 1 amide bonds. The predicted octanol–water partition coefficient (Wildman–Crippen LogP) is 3.86. The summed E-state index contributed by atoms with van der Waals surface area (Å²) in [5, 5.41) is 2.66. The first kappa shape index (κ1) is 20.2. The SMILES string of the molecule is COC(=O)c1ccc(C=CC(=O)NCCc2ccc(C(F)(F)F)cc2)cc1. The zero-order valence-electron chi connectivity index (χ0n) is 14.5. The Labute approximate surface area is 154 Å². The van der Waals surface area contributed by atoms with E-state index < -0.39 is 17.7 Å². The van der Waals surface area contributed by atoms with E-state index >= 15 is 0 Å². The van der Waals surface area contributed by atoms with Crippen LogP contribution in [0.1, 0.15) is 27.0 Å². The van der Waals surface area contributed by atoms with E-state index in [1.165, 1.54) is 25.3 Å². The highest BCUT2D eigenvalue weighted by Gasteiger charge is 2.29. The van der Waals surface area contributed by atoms with Gasteiger partial charge in [0.05, 0.1) is 18.2 Å². The minimum absolute atomic E-state index is 0.301. The molecule has 0 saturated heterocycles. The molecule has 7 heteroatoms. The van der Waals surface area contributed by atoms with Crippen LogP contribution in [0.4, 0.5) is 13.2 Å². The van der Waals surface area contributed by atoms with E-state index in [-0.39, 0.29) is 5.91 Å². The molecule has 0 aliphatic rings. The molecule has 2 aromatic carbocycles. The molecule has 4 nitrogen and oxygen atoms in total. The Bertz CT molecular complexity index is 810. The summed E-state index contributed by atoms with van der Waals surface area (Å²) < 4.78 is 42.1. The van der Waals surface area contributed by atoms with E-state index in [0.29, 0.717) is 24.1 Å². The largest absolute Gasteiger partial charge is 0.465 e. The van der Waals surface area contributed by atoms with Crippen LogP contribution < -0.4 is 5.32 Å². The van der Waals surface area contributed by atoms with Crippen LogP contribution in [0.15, 0.2) is 54.6 Å². The number of ether oxygens (including phenoxy) is 1. The lowest BCUT2D eigenvalue weighted by Gasteiger charge is -2.07. The van der Waals surface area contributed by atoms with Crippen LogP contribution in [0, 0.1) is 0 Å². The average molecular weight is 377 g/mol. The number of carbonyl (C=O) groups is 2. The van der Waals surface area contributed by atoms with Crippen LogP contribution in [-0.4, -0.2) is 25.5 Å². The van der Waals surface area contributed by atoms with Crippen molar-refractivity contribution in [3.05, 3.63) is 76.9 Å². The Hall–Kier alpha value is -3.09. The van der Waals surface area contributed by atoms with Gasteiger partial charge in [-0.2, -0.15) is 13.2 Å². The lowest BCUT2D eigenvalue weighted by Crippen LogP contribution is -2.23. The fourth-order valence-corrected chi connectivity index (χ4v) is 2.27. The number of carbonyl (C=O) groups excluding carboxylic acids is 2. The molecule has 0 bridgehead atoms. The molecule has 2 rings (SSSR count). The van der Waals surface area contributed by atoms with Gasteiger partial charge in [-0.15, -0.1) is 0 Å². The van der Waals surface area contributed by atoms with Gasteiger partial charge in [-0.05, 0) is 47.9 Å². The number of hydrogen-bond donors (Lipinski definition) is 1. The number of alkyl halides is 3. The van der Waals surface area contributed by atoms with Crippen molar-refractivity contribution in [2.24, 2.45) is 0 Å². The maximum atomic E-state index is 12.5. The van der Waals surface area contributed by atoms with Crippen molar-refractivity contribution in [2.75, 3.05) is 13.7 Å². The van der Waals surface area contributed by atoms with Crippen LogP contribution in [-0.2, 0) is 22.1 Å². The fraction of sp³-hybridized carbons (Fsp3) is 0.200. The molecule has 0 aliphatic carbocycles. The van der Waals surface area contributed by atoms with Crippen molar-refractivity contribution < 1.29 is 27.5 Å². The molecule has 0 aromatic heterocycles. The summed E-state index contributed by atoms with van der Waals surface area (Å²) >= 11 is 0. The number of amides is 1. The minimum atomic E-state index is -4.35. The highest BCUT2D eigenvalue weighted by Crippen LogP contribution is 2.29. The standard InChI is InChI=1S/C20H18F3NO3/c1-27-19(26)16-7-2-14(3-8-16)6-11-18(25)24-13-12-15-4-9-17(10-5-15)20(21,22)23/h2-11H,12-13H2,1H3,(H,24,25). The van der Waals surface area contributed by atoms with Crippen molar-refractivity contribution in [3.8, 4) is 0 Å². The van der Waals surface area contributed by atoms with Gasteiger partial charge in [-0.1, -0.05) is 24.3 Å². The molecule has 2 aromatic rings. The van der Waals surface area contributed by atoms with E-state index in [1.807, 2.05) is 0 Å². The summed E-state index contributed by atoms with van der Waals surface area (Å²) in [6, 6.07) is 11.4. The Morgan fingerprint density at radius 1 is 1.04 bits per heavy atom. The Kier molecular flexibility index (Phi) is 6.76. The molecule has 0 aliphatic heterocycles. The average Bonchev–Trinajstić information content (AvgIpc) is 2.66. The monoisotopic (exact) mass is 377 g/mol. The van der Waals surface area contributed by atoms with Crippen LogP contribution in [0.2, 0.25) is 0 Å². The molecular formula is C20H18F3NO3. The van der Waals surface area contributed by atoms with Crippen molar-refractivity contribution in [1.82, 2.24) is 5.32 Å². The van der Waals surface area contributed by atoms with Crippen molar-refractivity contribution in [3.63, 3.8) is 0 Å². The number of rotatable bonds is 6. The molecule has 0 atom stereocenters. The molecular weight excluding hydrogens is 359 g/mol. The van der Waals surface area contributed by atoms with Crippen molar-refractivity contribution >= 4 is 18.0 Å². The minimum Gasteiger partial charge on any atom is -0.465 e. The molecule has 0 unspecified atom stereocenters. The Balaban J connectivity index is 1.80. The van der Waals surface area contributed by atoms with Gasteiger partial charge < -0.3 is 10.1 Å². The number of hydrogen-bond acceptors (Lipinski definition) is 3. The third-order valence-corrected chi connectivity index (χ3v) is 3.75. The number of methoxy groups -OCH3 is 1. The van der Waals surface area contributed by atoms with E-state index in [2.05, 4.69) is 10.1 Å². The normalized spacial score (nSPS) is 11.4. The Morgan fingerprint density at radius 3 is 2.22 bits per heavy atom. The van der Waals surface area contributed by atoms with E-state index in [9.17, 15) is 22.8 Å². The van der Waals surface area contributed by atoms with Crippen LogP contribution in [0.25, 0.3) is 6.08 Å². The summed E-state index contributed by atoms with van der Waals surface area (Å²) in [7, 11) is 1.30. The van der Waals surface area contributed by atoms with Crippen LogP contribution >= 0.6 is 0 Å². The third kappa shape index (κ3) is 6.29. The molecule has 0 saturated carbocycles. The number of nitrogens with one attached hydrogen (secondary N) is 1. The van der Waals surface area contributed by atoms with Gasteiger partial charge in [-0.25, -0.2) is 4.79 Å². The van der Waals surface area contributed by atoms with Gasteiger partial charge in [0.1, 0.15) is 0 Å². The van der Waals surface area contributed by atoms with Gasteiger partial charge in [0.2, 0.25) is 5.91 Å². The second-order valence-corrected chi connectivity index (χ2v) is 5.68. The zero-order chi connectivity index (χ0) is 19.9. The van der Waals surface area contributed by atoms with Gasteiger partial charge in [0, 0.05) is 12.6 Å². The van der Waals surface area contributed by atoms with Crippen LogP contribution in [0.5, 0.6) is 0 Å². The topological polar surface area (TPSA) is 55.4 Å². The smallest absolute Gasteiger partial charge is 0.416 e. The van der Waals surface area contributed by atoms with Crippen molar-refractivity contribution in [2.45, 2.75) is 12.6 Å². The van der Waals surface area contributed by atoms with E-state index in [4.69, 9.17) is 0 Å². The third-order valence-electron chi connectivity index (χ3n) is 3.75. The number of benzene rings is 2. The molecule has 1 N–H and O–H groups in total. The van der Waals surface area contributed by atoms with E-state index in [1.54, 1.807) is 30.3 Å². The van der Waals surface area contributed by atoms with Gasteiger partial charge in [0.25, 0.3) is 0 Å². The number of esters is 1. The second-order valence-electron chi connectivity index (χ2n) is 5.68. The molecule has 0 heterocycles. The lowest BCUT2D eigenvalue weighted by atomic mass is 10.1. The first-order valence-electron chi connectivity index (χ1n) is 8.10. The van der Waals surface area contributed by atoms with E-state index in [0.717, 1.165) is 17.7 Å². The summed E-state index contributed by atoms with van der Waals surface area (Å²) in [6.07, 6.45) is -0.993. The molecule has 142 valence electrons. The first-order valence-corrected chi connectivity index (χ1v) is 8.10. The number of halogens is 3. The summed E-state index contributed by atoms with van der Waals surface area (Å²) in [4.78, 5) is 23.1. The molecule has 0 spiro atoms. The molecule has 27 heavy (non-hydrogen) atoms. The molecule has 0 fully saturated rings.